The number of aromatic nitrogens is 2. The number of nitrogens with zero attached hydrogens (tertiary/aromatic N) is 2. The molecule has 1 N–H and O–H groups in total. The van der Waals surface area contributed by atoms with Gasteiger partial charge in [0.05, 0.1) is 5.69 Å². The summed E-state index contributed by atoms with van der Waals surface area (Å²) in [4.78, 5) is 25.9. The maximum Gasteiger partial charge on any atom is 0.280 e. The molecule has 1 heterocycles. The molecule has 0 spiro atoms. The molecule has 0 aliphatic heterocycles. The summed E-state index contributed by atoms with van der Waals surface area (Å²) in [5, 5.41) is 7.41. The van der Waals surface area contributed by atoms with E-state index in [9.17, 15) is 9.59 Å². The smallest absolute Gasteiger partial charge is 0.280 e. The lowest BCUT2D eigenvalue weighted by molar-refractivity contribution is 0.0937. The van der Waals surface area contributed by atoms with Gasteiger partial charge < -0.3 is 5.32 Å². The molecular formula is C22H23N3O2. The van der Waals surface area contributed by atoms with Crippen LogP contribution in [0, 0.1) is 0 Å². The van der Waals surface area contributed by atoms with Gasteiger partial charge in [0.25, 0.3) is 11.5 Å². The van der Waals surface area contributed by atoms with Gasteiger partial charge in [-0.25, -0.2) is 4.68 Å². The summed E-state index contributed by atoms with van der Waals surface area (Å²) >= 11 is 0. The zero-order chi connectivity index (χ0) is 19.4. The van der Waals surface area contributed by atoms with Crippen molar-refractivity contribution in [2.45, 2.75) is 26.3 Å². The number of aryl methyl sites for hydroxylation is 1. The van der Waals surface area contributed by atoms with Gasteiger partial charge >= 0.3 is 0 Å². The van der Waals surface area contributed by atoms with Crippen LogP contribution in [0.3, 0.4) is 0 Å². The highest BCUT2D eigenvalue weighted by Gasteiger charge is 2.24. The predicted octanol–water partition coefficient (Wildman–Crippen LogP) is 3.64. The van der Waals surface area contributed by atoms with Gasteiger partial charge in [0, 0.05) is 24.2 Å². The fourth-order valence-corrected chi connectivity index (χ4v) is 2.93. The Balaban J connectivity index is 2.33. The first kappa shape index (κ1) is 18.6. The summed E-state index contributed by atoms with van der Waals surface area (Å²) in [6.45, 7) is 3.91. The molecule has 1 aromatic heterocycles. The predicted molar refractivity (Wildman–Crippen MR) is 108 cm³/mol. The Kier molecular flexibility index (Phi) is 5.50. The second kappa shape index (κ2) is 7.99. The average molecular weight is 361 g/mol. The fourth-order valence-electron chi connectivity index (χ4n) is 2.93. The van der Waals surface area contributed by atoms with E-state index in [0.29, 0.717) is 11.3 Å². The Morgan fingerprint density at radius 1 is 1.04 bits per heavy atom. The minimum Gasteiger partial charge on any atom is -0.349 e. The molecule has 5 heteroatoms. The Bertz CT molecular complexity index is 995. The lowest BCUT2D eigenvalue weighted by Crippen LogP contribution is -2.38. The number of hydrogen-bond acceptors (Lipinski definition) is 3. The van der Waals surface area contributed by atoms with E-state index in [2.05, 4.69) is 10.4 Å². The van der Waals surface area contributed by atoms with Crippen LogP contribution < -0.4 is 10.9 Å². The van der Waals surface area contributed by atoms with Crippen molar-refractivity contribution in [3.05, 3.63) is 76.6 Å². The van der Waals surface area contributed by atoms with Crippen LogP contribution in [0.5, 0.6) is 0 Å². The van der Waals surface area contributed by atoms with E-state index >= 15 is 0 Å². The Morgan fingerprint density at radius 3 is 2.15 bits per heavy atom. The third-order valence-corrected chi connectivity index (χ3v) is 4.57. The Morgan fingerprint density at radius 2 is 1.59 bits per heavy atom. The number of carbonyl (C=O) groups excluding carboxylic acids is 1. The minimum atomic E-state index is -0.408. The van der Waals surface area contributed by atoms with Gasteiger partial charge in [0.15, 0.2) is 0 Å². The van der Waals surface area contributed by atoms with E-state index in [1.165, 1.54) is 4.68 Å². The second-order valence-corrected chi connectivity index (χ2v) is 6.54. The average Bonchev–Trinajstić information content (AvgIpc) is 2.70. The topological polar surface area (TPSA) is 64.0 Å². The third kappa shape index (κ3) is 3.82. The summed E-state index contributed by atoms with van der Waals surface area (Å²) in [6, 6.07) is 19.0. The molecule has 1 amide bonds. The van der Waals surface area contributed by atoms with Crippen molar-refractivity contribution >= 4 is 5.91 Å². The largest absolute Gasteiger partial charge is 0.349 e. The summed E-state index contributed by atoms with van der Waals surface area (Å²) in [7, 11) is 1.57. The fraction of sp³-hybridized carbons (Fsp3) is 0.227. The number of rotatable bonds is 5. The van der Waals surface area contributed by atoms with E-state index < -0.39 is 5.56 Å². The van der Waals surface area contributed by atoms with Crippen LogP contribution in [0.2, 0.25) is 0 Å². The van der Waals surface area contributed by atoms with E-state index in [1.54, 1.807) is 7.05 Å². The van der Waals surface area contributed by atoms with Gasteiger partial charge in [0.1, 0.15) is 5.56 Å². The maximum absolute atomic E-state index is 13.0. The van der Waals surface area contributed by atoms with Crippen molar-refractivity contribution in [1.82, 2.24) is 15.1 Å². The lowest BCUT2D eigenvalue weighted by Gasteiger charge is -2.17. The highest BCUT2D eigenvalue weighted by Crippen LogP contribution is 2.31. The van der Waals surface area contributed by atoms with Crippen molar-refractivity contribution in [3.8, 4) is 22.4 Å². The normalized spacial score (nSPS) is 11.8. The Labute approximate surface area is 158 Å². The molecule has 3 rings (SSSR count). The molecular weight excluding hydrogens is 338 g/mol. The summed E-state index contributed by atoms with van der Waals surface area (Å²) < 4.78 is 1.24. The van der Waals surface area contributed by atoms with Crippen molar-refractivity contribution < 1.29 is 4.79 Å². The molecule has 138 valence electrons. The SMILES string of the molecule is CC[C@H](C)NC(=O)c1c(-c2ccccc2)c(-c2ccccc2)nn(C)c1=O. The van der Waals surface area contributed by atoms with Crippen molar-refractivity contribution in [1.29, 1.82) is 0 Å². The molecule has 0 aliphatic carbocycles. The molecule has 0 radical (unpaired) electrons. The molecule has 0 saturated heterocycles. The first-order valence-electron chi connectivity index (χ1n) is 9.06. The molecule has 2 aromatic carbocycles. The molecule has 0 aliphatic rings. The van der Waals surface area contributed by atoms with Crippen molar-refractivity contribution in [3.63, 3.8) is 0 Å². The highest BCUT2D eigenvalue weighted by molar-refractivity contribution is 6.03. The van der Waals surface area contributed by atoms with Crippen LogP contribution in [0.4, 0.5) is 0 Å². The number of benzene rings is 2. The first-order valence-corrected chi connectivity index (χ1v) is 9.06. The van der Waals surface area contributed by atoms with Crippen LogP contribution in [-0.4, -0.2) is 21.7 Å². The molecule has 1 atom stereocenters. The summed E-state index contributed by atoms with van der Waals surface area (Å²) in [5.41, 5.74) is 2.52. The van der Waals surface area contributed by atoms with Gasteiger partial charge in [-0.05, 0) is 18.9 Å². The quantitative estimate of drug-likeness (QED) is 0.754. The van der Waals surface area contributed by atoms with Crippen LogP contribution in [-0.2, 0) is 7.05 Å². The zero-order valence-corrected chi connectivity index (χ0v) is 15.8. The lowest BCUT2D eigenvalue weighted by atomic mass is 9.95. The Hall–Kier alpha value is -3.21. The second-order valence-electron chi connectivity index (χ2n) is 6.54. The van der Waals surface area contributed by atoms with Crippen LogP contribution in [0.1, 0.15) is 30.6 Å². The molecule has 0 unspecified atom stereocenters. The van der Waals surface area contributed by atoms with Gasteiger partial charge in [0.2, 0.25) is 0 Å². The first-order chi connectivity index (χ1) is 13.0. The molecule has 27 heavy (non-hydrogen) atoms. The molecule has 0 saturated carbocycles. The monoisotopic (exact) mass is 361 g/mol. The van der Waals surface area contributed by atoms with Crippen LogP contribution >= 0.6 is 0 Å². The summed E-state index contributed by atoms with van der Waals surface area (Å²) in [5.74, 6) is -0.372. The number of nitrogens with one attached hydrogen (secondary N) is 1. The van der Waals surface area contributed by atoms with Crippen LogP contribution in [0.15, 0.2) is 65.5 Å². The number of hydrogen-bond donors (Lipinski definition) is 1. The van der Waals surface area contributed by atoms with Gasteiger partial charge in [-0.2, -0.15) is 5.10 Å². The van der Waals surface area contributed by atoms with Gasteiger partial charge in [-0.3, -0.25) is 9.59 Å². The molecule has 0 bridgehead atoms. The van der Waals surface area contributed by atoms with E-state index in [0.717, 1.165) is 17.5 Å². The molecule has 3 aromatic rings. The maximum atomic E-state index is 13.0. The number of amides is 1. The van der Waals surface area contributed by atoms with Gasteiger partial charge in [-0.1, -0.05) is 67.6 Å². The molecule has 5 nitrogen and oxygen atoms in total. The van der Waals surface area contributed by atoms with E-state index in [1.807, 2.05) is 74.5 Å². The minimum absolute atomic E-state index is 0.0285. The van der Waals surface area contributed by atoms with E-state index in [-0.39, 0.29) is 17.5 Å². The third-order valence-electron chi connectivity index (χ3n) is 4.57. The summed E-state index contributed by atoms with van der Waals surface area (Å²) in [6.07, 6.45) is 0.781. The van der Waals surface area contributed by atoms with Gasteiger partial charge in [-0.15, -0.1) is 0 Å². The van der Waals surface area contributed by atoms with Crippen LogP contribution in [0.25, 0.3) is 22.4 Å². The highest BCUT2D eigenvalue weighted by atomic mass is 16.2. The van der Waals surface area contributed by atoms with E-state index in [4.69, 9.17) is 0 Å². The van der Waals surface area contributed by atoms with Crippen molar-refractivity contribution in [2.24, 2.45) is 7.05 Å². The molecule has 0 fully saturated rings. The zero-order valence-electron chi connectivity index (χ0n) is 15.8. The number of carbonyl (C=O) groups is 1. The standard InChI is InChI=1S/C22H23N3O2/c1-4-15(2)23-21(26)19-18(16-11-7-5-8-12-16)20(24-25(3)22(19)27)17-13-9-6-10-14-17/h5-15H,4H2,1-3H3,(H,23,26)/t15-/m0/s1. The van der Waals surface area contributed by atoms with Crippen molar-refractivity contribution in [2.75, 3.05) is 0 Å².